The molecule has 0 bridgehead atoms. The number of hydrogen-bond acceptors (Lipinski definition) is 6. The van der Waals surface area contributed by atoms with Crippen molar-refractivity contribution in [2.45, 2.75) is 17.0 Å². The summed E-state index contributed by atoms with van der Waals surface area (Å²) in [6.45, 7) is 0. The fourth-order valence-corrected chi connectivity index (χ4v) is 3.67. The minimum Gasteiger partial charge on any atom is -0.493 e. The second-order valence-electron chi connectivity index (χ2n) is 6.06. The molecule has 0 fully saturated rings. The van der Waals surface area contributed by atoms with Gasteiger partial charge in [-0.25, -0.2) is 4.98 Å². The highest BCUT2D eigenvalue weighted by atomic mass is 32.2. The van der Waals surface area contributed by atoms with Gasteiger partial charge in [0.05, 0.1) is 31.0 Å². The number of thioether (sulfide) groups is 1. The number of halogens is 3. The quantitative estimate of drug-likeness (QED) is 0.491. The molecule has 0 saturated heterocycles. The van der Waals surface area contributed by atoms with Gasteiger partial charge in [-0.2, -0.15) is 18.4 Å². The largest absolute Gasteiger partial charge is 0.493 e. The van der Waals surface area contributed by atoms with Crippen molar-refractivity contribution in [2.24, 2.45) is 0 Å². The molecule has 5 nitrogen and oxygen atoms in total. The summed E-state index contributed by atoms with van der Waals surface area (Å²) in [5, 5.41) is 9.42. The van der Waals surface area contributed by atoms with E-state index in [9.17, 15) is 18.4 Å². The van der Waals surface area contributed by atoms with Crippen molar-refractivity contribution in [1.29, 1.82) is 5.26 Å². The molecular formula is C21H16F3N3O2S. The number of hydrogen-bond donors (Lipinski definition) is 0. The van der Waals surface area contributed by atoms with Crippen molar-refractivity contribution in [2.75, 3.05) is 14.2 Å². The zero-order valence-electron chi connectivity index (χ0n) is 16.0. The van der Waals surface area contributed by atoms with Crippen LogP contribution in [0.3, 0.4) is 0 Å². The Labute approximate surface area is 175 Å². The molecule has 30 heavy (non-hydrogen) atoms. The number of pyridine rings is 2. The van der Waals surface area contributed by atoms with Gasteiger partial charge in [-0.3, -0.25) is 4.98 Å². The molecule has 2 aromatic heterocycles. The van der Waals surface area contributed by atoms with Crippen LogP contribution in [0, 0.1) is 11.3 Å². The molecule has 0 unspecified atom stereocenters. The van der Waals surface area contributed by atoms with E-state index in [0.717, 1.165) is 23.4 Å². The molecule has 2 heterocycles. The van der Waals surface area contributed by atoms with Crippen LogP contribution in [0.4, 0.5) is 13.2 Å². The average Bonchev–Trinajstić information content (AvgIpc) is 2.76. The third-order valence-electron chi connectivity index (χ3n) is 4.18. The SMILES string of the molecule is COc1ccc(-c2cc(C(F)(F)F)c(C#N)c(SCc3cccnc3)n2)cc1OC. The summed E-state index contributed by atoms with van der Waals surface area (Å²) in [5.41, 5.74) is -0.237. The van der Waals surface area contributed by atoms with Gasteiger partial charge in [-0.15, -0.1) is 11.8 Å². The lowest BCUT2D eigenvalue weighted by atomic mass is 10.0. The van der Waals surface area contributed by atoms with E-state index in [4.69, 9.17) is 9.47 Å². The van der Waals surface area contributed by atoms with Crippen molar-refractivity contribution in [3.8, 4) is 28.8 Å². The number of nitrogens with zero attached hydrogens (tertiary/aromatic N) is 3. The topological polar surface area (TPSA) is 68.0 Å². The smallest absolute Gasteiger partial charge is 0.417 e. The lowest BCUT2D eigenvalue weighted by Crippen LogP contribution is -2.10. The van der Waals surface area contributed by atoms with E-state index in [1.165, 1.54) is 14.2 Å². The first-order valence-electron chi connectivity index (χ1n) is 8.63. The summed E-state index contributed by atoms with van der Waals surface area (Å²) in [7, 11) is 2.90. The predicted octanol–water partition coefficient (Wildman–Crippen LogP) is 5.34. The Morgan fingerprint density at radius 3 is 2.47 bits per heavy atom. The number of methoxy groups -OCH3 is 2. The van der Waals surface area contributed by atoms with Crippen LogP contribution in [0.2, 0.25) is 0 Å². The number of alkyl halides is 3. The number of ether oxygens (including phenoxy) is 2. The third kappa shape index (κ3) is 4.66. The first-order valence-corrected chi connectivity index (χ1v) is 9.62. The summed E-state index contributed by atoms with van der Waals surface area (Å²) >= 11 is 1.05. The van der Waals surface area contributed by atoms with Crippen molar-refractivity contribution in [1.82, 2.24) is 9.97 Å². The van der Waals surface area contributed by atoms with Gasteiger partial charge in [-0.1, -0.05) is 6.07 Å². The van der Waals surface area contributed by atoms with E-state index in [1.807, 2.05) is 0 Å². The second kappa shape index (κ2) is 9.05. The van der Waals surface area contributed by atoms with E-state index in [-0.39, 0.29) is 10.7 Å². The van der Waals surface area contributed by atoms with Crippen LogP contribution in [0.25, 0.3) is 11.3 Å². The maximum Gasteiger partial charge on any atom is 0.417 e. The van der Waals surface area contributed by atoms with Crippen molar-refractivity contribution >= 4 is 11.8 Å². The highest BCUT2D eigenvalue weighted by molar-refractivity contribution is 7.98. The van der Waals surface area contributed by atoms with Crippen LogP contribution in [-0.2, 0) is 11.9 Å². The molecule has 0 aliphatic carbocycles. The zero-order valence-corrected chi connectivity index (χ0v) is 16.8. The fourth-order valence-electron chi connectivity index (χ4n) is 2.74. The molecule has 0 radical (unpaired) electrons. The standard InChI is InChI=1S/C21H16F3N3O2S/c1-28-18-6-5-14(8-19(18)29-2)17-9-16(21(22,23)24)15(10-25)20(27-17)30-12-13-4-3-7-26-11-13/h3-9,11H,12H2,1-2H3. The maximum absolute atomic E-state index is 13.7. The summed E-state index contributed by atoms with van der Waals surface area (Å²) in [5.74, 6) is 1.12. The zero-order chi connectivity index (χ0) is 21.7. The highest BCUT2D eigenvalue weighted by Gasteiger charge is 2.36. The molecule has 0 aliphatic rings. The van der Waals surface area contributed by atoms with Gasteiger partial charge in [0.1, 0.15) is 11.1 Å². The summed E-state index contributed by atoms with van der Waals surface area (Å²) in [6.07, 6.45) is -1.49. The normalized spacial score (nSPS) is 11.1. The molecule has 0 atom stereocenters. The Kier molecular flexibility index (Phi) is 6.47. The minimum atomic E-state index is -4.71. The molecule has 3 aromatic rings. The first kappa shape index (κ1) is 21.5. The van der Waals surface area contributed by atoms with Gasteiger partial charge in [0.25, 0.3) is 0 Å². The van der Waals surface area contributed by atoms with Crippen molar-refractivity contribution in [3.05, 3.63) is 65.5 Å². The molecule has 154 valence electrons. The molecule has 0 spiro atoms. The van der Waals surface area contributed by atoms with Crippen LogP contribution < -0.4 is 9.47 Å². The number of aromatic nitrogens is 2. The molecule has 3 rings (SSSR count). The number of rotatable bonds is 6. The van der Waals surface area contributed by atoms with E-state index in [1.54, 1.807) is 48.8 Å². The van der Waals surface area contributed by atoms with Crippen LogP contribution in [-0.4, -0.2) is 24.2 Å². The summed E-state index contributed by atoms with van der Waals surface area (Å²) < 4.78 is 51.5. The Bertz CT molecular complexity index is 1080. The van der Waals surface area contributed by atoms with Gasteiger partial charge in [-0.05, 0) is 35.9 Å². The number of nitriles is 1. The monoisotopic (exact) mass is 431 g/mol. The Morgan fingerprint density at radius 1 is 1.10 bits per heavy atom. The number of benzene rings is 1. The lowest BCUT2D eigenvalue weighted by Gasteiger charge is -2.15. The maximum atomic E-state index is 13.7. The van der Waals surface area contributed by atoms with E-state index < -0.39 is 17.3 Å². The molecule has 0 amide bonds. The van der Waals surface area contributed by atoms with Crippen molar-refractivity contribution < 1.29 is 22.6 Å². The van der Waals surface area contributed by atoms with Crippen LogP contribution in [0.1, 0.15) is 16.7 Å². The second-order valence-corrected chi connectivity index (χ2v) is 7.03. The Morgan fingerprint density at radius 2 is 1.87 bits per heavy atom. The third-order valence-corrected chi connectivity index (χ3v) is 5.23. The molecule has 0 aliphatic heterocycles. The molecule has 0 saturated carbocycles. The van der Waals surface area contributed by atoms with E-state index in [0.29, 0.717) is 22.8 Å². The van der Waals surface area contributed by atoms with Gasteiger partial charge < -0.3 is 9.47 Å². The Hall–Kier alpha value is -3.25. The van der Waals surface area contributed by atoms with Crippen molar-refractivity contribution in [3.63, 3.8) is 0 Å². The van der Waals surface area contributed by atoms with E-state index >= 15 is 0 Å². The van der Waals surface area contributed by atoms with E-state index in [2.05, 4.69) is 9.97 Å². The van der Waals surface area contributed by atoms with Crippen LogP contribution in [0.15, 0.2) is 53.8 Å². The molecule has 1 aromatic carbocycles. The van der Waals surface area contributed by atoms with Gasteiger partial charge in [0, 0.05) is 23.7 Å². The van der Waals surface area contributed by atoms with Gasteiger partial charge >= 0.3 is 6.18 Å². The molecule has 9 heteroatoms. The van der Waals surface area contributed by atoms with Gasteiger partial charge in [0.15, 0.2) is 11.5 Å². The first-order chi connectivity index (χ1) is 14.4. The van der Waals surface area contributed by atoms with Gasteiger partial charge in [0.2, 0.25) is 0 Å². The average molecular weight is 431 g/mol. The summed E-state index contributed by atoms with van der Waals surface area (Å²) in [4.78, 5) is 8.35. The minimum absolute atomic E-state index is 0.000892. The Balaban J connectivity index is 2.11. The predicted molar refractivity (Wildman–Crippen MR) is 106 cm³/mol. The fraction of sp³-hybridized carbons (Fsp3) is 0.190. The summed E-state index contributed by atoms with van der Waals surface area (Å²) in [6, 6.07) is 10.8. The lowest BCUT2D eigenvalue weighted by molar-refractivity contribution is -0.138. The van der Waals surface area contributed by atoms with Crippen LogP contribution in [0.5, 0.6) is 11.5 Å². The van der Waals surface area contributed by atoms with Crippen LogP contribution >= 0.6 is 11.8 Å². The molecular weight excluding hydrogens is 415 g/mol. The molecule has 0 N–H and O–H groups in total. The highest BCUT2D eigenvalue weighted by Crippen LogP contribution is 2.40.